The van der Waals surface area contributed by atoms with Crippen LogP contribution in [-0.2, 0) is 19.4 Å². The Bertz CT molecular complexity index is 642. The molecular weight excluding hydrogens is 272 g/mol. The fourth-order valence-electron chi connectivity index (χ4n) is 3.08. The van der Waals surface area contributed by atoms with E-state index < -0.39 is 0 Å². The van der Waals surface area contributed by atoms with Crippen LogP contribution in [0.1, 0.15) is 43.4 Å². The van der Waals surface area contributed by atoms with Gasteiger partial charge in [-0.15, -0.1) is 0 Å². The van der Waals surface area contributed by atoms with Gasteiger partial charge in [-0.05, 0) is 62.3 Å². The van der Waals surface area contributed by atoms with Gasteiger partial charge in [-0.2, -0.15) is 0 Å². The Balaban J connectivity index is 1.83. The number of imidazole rings is 1. The van der Waals surface area contributed by atoms with Gasteiger partial charge in [-0.25, -0.2) is 4.98 Å². The highest BCUT2D eigenvalue weighted by Gasteiger charge is 2.17. The Morgan fingerprint density at radius 2 is 2.05 bits per heavy atom. The van der Waals surface area contributed by atoms with Crippen molar-refractivity contribution in [3.05, 3.63) is 53.6 Å². The molecule has 0 aliphatic heterocycles. The molecule has 3 rings (SSSR count). The molecule has 3 nitrogen and oxygen atoms in total. The van der Waals surface area contributed by atoms with E-state index in [1.54, 1.807) is 0 Å². The van der Waals surface area contributed by atoms with Crippen LogP contribution in [0, 0.1) is 0 Å². The Hall–Kier alpha value is -2.03. The summed E-state index contributed by atoms with van der Waals surface area (Å²) in [7, 11) is 0. The maximum absolute atomic E-state index is 5.99. The van der Waals surface area contributed by atoms with E-state index in [0.717, 1.165) is 25.1 Å². The number of fused-ring (bicyclic) bond motifs is 1. The minimum absolute atomic E-state index is 0.230. The van der Waals surface area contributed by atoms with Gasteiger partial charge in [-0.1, -0.05) is 18.2 Å². The predicted molar refractivity (Wildman–Crippen MR) is 90.1 cm³/mol. The average molecular weight is 296 g/mol. The quantitative estimate of drug-likeness (QED) is 0.824. The van der Waals surface area contributed by atoms with E-state index in [2.05, 4.69) is 47.7 Å². The molecule has 0 spiro atoms. The van der Waals surface area contributed by atoms with Gasteiger partial charge in [0.25, 0.3) is 0 Å². The second-order valence-corrected chi connectivity index (χ2v) is 6.15. The Morgan fingerprint density at radius 3 is 2.77 bits per heavy atom. The molecule has 0 unspecified atom stereocenters. The molecule has 116 valence electrons. The van der Waals surface area contributed by atoms with Crippen LogP contribution in [0.25, 0.3) is 6.08 Å². The van der Waals surface area contributed by atoms with Crippen LogP contribution in [0.2, 0.25) is 0 Å². The minimum Gasteiger partial charge on any atom is -0.491 e. The number of hydrogen-bond acceptors (Lipinski definition) is 2. The number of hydrogen-bond donors (Lipinski definition) is 0. The summed E-state index contributed by atoms with van der Waals surface area (Å²) in [4.78, 5) is 4.07. The maximum Gasteiger partial charge on any atom is 0.123 e. The van der Waals surface area contributed by atoms with Gasteiger partial charge in [0.2, 0.25) is 0 Å². The number of ether oxygens (including phenoxy) is 1. The summed E-state index contributed by atoms with van der Waals surface area (Å²) in [6.45, 7) is 5.04. The Labute approximate surface area is 132 Å². The third-order valence-corrected chi connectivity index (χ3v) is 4.06. The lowest BCUT2D eigenvalue weighted by Gasteiger charge is -2.23. The van der Waals surface area contributed by atoms with Crippen molar-refractivity contribution in [3.63, 3.8) is 0 Å². The van der Waals surface area contributed by atoms with Gasteiger partial charge < -0.3 is 9.30 Å². The molecule has 2 aromatic rings. The summed E-state index contributed by atoms with van der Waals surface area (Å²) in [6.07, 6.45) is 15.2. The molecule has 22 heavy (non-hydrogen) atoms. The SMILES string of the molecule is CC(C)Oc1ccc(/C=C/Cn2ccnc2)c2c1CCCC2. The van der Waals surface area contributed by atoms with E-state index in [0.29, 0.717) is 0 Å². The summed E-state index contributed by atoms with van der Waals surface area (Å²) in [6, 6.07) is 4.34. The number of benzene rings is 1. The second kappa shape index (κ2) is 6.82. The molecule has 3 heteroatoms. The van der Waals surface area contributed by atoms with Crippen molar-refractivity contribution in [2.45, 2.75) is 52.2 Å². The van der Waals surface area contributed by atoms with Crippen molar-refractivity contribution >= 4 is 6.08 Å². The number of nitrogens with zero attached hydrogens (tertiary/aromatic N) is 2. The topological polar surface area (TPSA) is 27.1 Å². The highest BCUT2D eigenvalue weighted by atomic mass is 16.5. The van der Waals surface area contributed by atoms with Gasteiger partial charge in [-0.3, -0.25) is 0 Å². The summed E-state index contributed by atoms with van der Waals surface area (Å²) in [5.74, 6) is 1.08. The molecule has 0 bridgehead atoms. The average Bonchev–Trinajstić information content (AvgIpc) is 3.02. The normalized spacial score (nSPS) is 14.5. The first kappa shape index (κ1) is 14.9. The molecule has 1 aliphatic carbocycles. The first-order valence-electron chi connectivity index (χ1n) is 8.17. The molecule has 0 N–H and O–H groups in total. The van der Waals surface area contributed by atoms with Gasteiger partial charge in [0.05, 0.1) is 12.4 Å². The van der Waals surface area contributed by atoms with Gasteiger partial charge >= 0.3 is 0 Å². The van der Waals surface area contributed by atoms with Gasteiger partial charge in [0.15, 0.2) is 0 Å². The van der Waals surface area contributed by atoms with Gasteiger partial charge in [0, 0.05) is 18.9 Å². The van der Waals surface area contributed by atoms with Crippen LogP contribution in [0.3, 0.4) is 0 Å². The van der Waals surface area contributed by atoms with Crippen LogP contribution in [0.4, 0.5) is 0 Å². The van der Waals surface area contributed by atoms with E-state index in [4.69, 9.17) is 4.74 Å². The zero-order valence-electron chi connectivity index (χ0n) is 13.5. The van der Waals surface area contributed by atoms with E-state index >= 15 is 0 Å². The first-order chi connectivity index (χ1) is 10.7. The molecule has 1 aromatic carbocycles. The molecule has 0 radical (unpaired) electrons. The van der Waals surface area contributed by atoms with E-state index in [-0.39, 0.29) is 6.10 Å². The summed E-state index contributed by atoms with van der Waals surface area (Å²) >= 11 is 0. The molecule has 0 atom stereocenters. The zero-order valence-corrected chi connectivity index (χ0v) is 13.5. The van der Waals surface area contributed by atoms with Crippen molar-refractivity contribution in [1.29, 1.82) is 0 Å². The van der Waals surface area contributed by atoms with E-state index in [1.807, 2.05) is 18.7 Å². The van der Waals surface area contributed by atoms with Crippen LogP contribution >= 0.6 is 0 Å². The molecule has 0 saturated heterocycles. The number of aromatic nitrogens is 2. The van der Waals surface area contributed by atoms with Crippen molar-refractivity contribution in [3.8, 4) is 5.75 Å². The fraction of sp³-hybridized carbons (Fsp3) is 0.421. The highest BCUT2D eigenvalue weighted by Crippen LogP contribution is 2.33. The van der Waals surface area contributed by atoms with Crippen molar-refractivity contribution in [2.75, 3.05) is 0 Å². The van der Waals surface area contributed by atoms with Crippen LogP contribution < -0.4 is 4.74 Å². The second-order valence-electron chi connectivity index (χ2n) is 6.15. The summed E-state index contributed by atoms with van der Waals surface area (Å²) in [5.41, 5.74) is 4.24. The zero-order chi connectivity index (χ0) is 15.4. The molecule has 0 fully saturated rings. The molecule has 0 amide bonds. The monoisotopic (exact) mass is 296 g/mol. The minimum atomic E-state index is 0.230. The third-order valence-electron chi connectivity index (χ3n) is 4.06. The van der Waals surface area contributed by atoms with Crippen molar-refractivity contribution in [1.82, 2.24) is 9.55 Å². The predicted octanol–water partition coefficient (Wildman–Crippen LogP) is 4.26. The lowest BCUT2D eigenvalue weighted by Crippen LogP contribution is -2.12. The lowest BCUT2D eigenvalue weighted by molar-refractivity contribution is 0.239. The summed E-state index contributed by atoms with van der Waals surface area (Å²) in [5, 5.41) is 0. The third kappa shape index (κ3) is 3.41. The highest BCUT2D eigenvalue weighted by molar-refractivity contribution is 5.60. The van der Waals surface area contributed by atoms with Crippen LogP contribution in [0.15, 0.2) is 36.9 Å². The Kier molecular flexibility index (Phi) is 4.62. The Morgan fingerprint density at radius 1 is 1.23 bits per heavy atom. The summed E-state index contributed by atoms with van der Waals surface area (Å²) < 4.78 is 8.06. The maximum atomic E-state index is 5.99. The van der Waals surface area contributed by atoms with Gasteiger partial charge in [0.1, 0.15) is 5.75 Å². The standard InChI is InChI=1S/C19H24N2O/c1-15(2)22-19-10-9-16(17-7-3-4-8-18(17)19)6-5-12-21-13-11-20-14-21/h5-6,9-11,13-15H,3-4,7-8,12H2,1-2H3/b6-5+. The number of rotatable bonds is 5. The molecule has 1 aliphatic rings. The molecule has 1 aromatic heterocycles. The smallest absolute Gasteiger partial charge is 0.123 e. The van der Waals surface area contributed by atoms with E-state index in [1.165, 1.54) is 29.5 Å². The van der Waals surface area contributed by atoms with Crippen LogP contribution in [0.5, 0.6) is 5.75 Å². The fourth-order valence-corrected chi connectivity index (χ4v) is 3.08. The van der Waals surface area contributed by atoms with Crippen LogP contribution in [-0.4, -0.2) is 15.7 Å². The number of allylic oxidation sites excluding steroid dienone is 1. The first-order valence-corrected chi connectivity index (χ1v) is 8.17. The van der Waals surface area contributed by atoms with Crippen molar-refractivity contribution < 1.29 is 4.74 Å². The molecule has 1 heterocycles. The molecule has 0 saturated carbocycles. The van der Waals surface area contributed by atoms with Crippen molar-refractivity contribution in [2.24, 2.45) is 0 Å². The lowest BCUT2D eigenvalue weighted by atomic mass is 9.87. The van der Waals surface area contributed by atoms with E-state index in [9.17, 15) is 0 Å². The molecular formula is C19H24N2O. The largest absolute Gasteiger partial charge is 0.491 e.